The summed E-state index contributed by atoms with van der Waals surface area (Å²) in [6, 6.07) is 6.80. The van der Waals surface area contributed by atoms with Crippen LogP contribution >= 0.6 is 0 Å². The van der Waals surface area contributed by atoms with E-state index in [4.69, 9.17) is 10.5 Å². The summed E-state index contributed by atoms with van der Waals surface area (Å²) in [6.07, 6.45) is 6.92. The minimum Gasteiger partial charge on any atom is -0.369 e. The average Bonchev–Trinajstić information content (AvgIpc) is 2.49. The molecular formula is C17H26FNO. The van der Waals surface area contributed by atoms with E-state index in [1.807, 2.05) is 6.07 Å². The fraction of sp³-hybridized carbons (Fsp3) is 0.647. The molecule has 3 heteroatoms. The normalized spacial score (nSPS) is 26.6. The molecule has 1 saturated carbocycles. The Morgan fingerprint density at radius 3 is 2.60 bits per heavy atom. The van der Waals surface area contributed by atoms with Gasteiger partial charge in [0.25, 0.3) is 0 Å². The maximum atomic E-state index is 13.6. The van der Waals surface area contributed by atoms with E-state index >= 15 is 0 Å². The fourth-order valence-corrected chi connectivity index (χ4v) is 3.15. The first-order chi connectivity index (χ1) is 9.69. The predicted molar refractivity (Wildman–Crippen MR) is 79.8 cm³/mol. The van der Waals surface area contributed by atoms with Gasteiger partial charge in [-0.2, -0.15) is 0 Å². The van der Waals surface area contributed by atoms with Crippen LogP contribution in [0.2, 0.25) is 0 Å². The van der Waals surface area contributed by atoms with Crippen molar-refractivity contribution < 1.29 is 9.13 Å². The highest BCUT2D eigenvalue weighted by Crippen LogP contribution is 2.36. The summed E-state index contributed by atoms with van der Waals surface area (Å²) in [6.45, 7) is 3.09. The van der Waals surface area contributed by atoms with Gasteiger partial charge in [0.05, 0.1) is 12.2 Å². The number of rotatable bonds is 6. The van der Waals surface area contributed by atoms with Crippen molar-refractivity contribution in [3.8, 4) is 0 Å². The molecule has 2 nitrogen and oxygen atoms in total. The van der Waals surface area contributed by atoms with Crippen LogP contribution in [0.5, 0.6) is 0 Å². The molecule has 0 saturated heterocycles. The molecular weight excluding hydrogens is 253 g/mol. The topological polar surface area (TPSA) is 35.2 Å². The Labute approximate surface area is 121 Å². The number of nitrogens with two attached hydrogens (primary N) is 1. The van der Waals surface area contributed by atoms with Gasteiger partial charge in [-0.05, 0) is 37.7 Å². The van der Waals surface area contributed by atoms with Gasteiger partial charge in [0.1, 0.15) is 5.82 Å². The molecule has 112 valence electrons. The summed E-state index contributed by atoms with van der Waals surface area (Å²) in [4.78, 5) is 0. The molecule has 0 aromatic heterocycles. The molecule has 2 N–H and O–H groups in total. The lowest BCUT2D eigenvalue weighted by Gasteiger charge is -2.39. The number of hydrogen-bond acceptors (Lipinski definition) is 2. The molecule has 1 aromatic carbocycles. The third-order valence-electron chi connectivity index (χ3n) is 4.58. The van der Waals surface area contributed by atoms with E-state index in [1.165, 1.54) is 31.7 Å². The maximum absolute atomic E-state index is 13.6. The van der Waals surface area contributed by atoms with Crippen LogP contribution in [0, 0.1) is 11.7 Å². The molecule has 0 heterocycles. The molecule has 1 aliphatic carbocycles. The van der Waals surface area contributed by atoms with Gasteiger partial charge in [0, 0.05) is 12.1 Å². The Morgan fingerprint density at radius 1 is 1.30 bits per heavy atom. The zero-order chi connectivity index (χ0) is 14.4. The summed E-state index contributed by atoms with van der Waals surface area (Å²) in [5.41, 5.74) is 6.32. The van der Waals surface area contributed by atoms with Gasteiger partial charge in [-0.25, -0.2) is 4.39 Å². The molecule has 20 heavy (non-hydrogen) atoms. The maximum Gasteiger partial charge on any atom is 0.128 e. The Kier molecular flexibility index (Phi) is 5.55. The van der Waals surface area contributed by atoms with E-state index < -0.39 is 0 Å². The Hall–Kier alpha value is -0.930. The van der Waals surface area contributed by atoms with Gasteiger partial charge in [-0.15, -0.1) is 0 Å². The van der Waals surface area contributed by atoms with Crippen molar-refractivity contribution in [2.24, 2.45) is 11.7 Å². The summed E-state index contributed by atoms with van der Waals surface area (Å²) in [7, 11) is 0. The Morgan fingerprint density at radius 2 is 2.00 bits per heavy atom. The van der Waals surface area contributed by atoms with Gasteiger partial charge >= 0.3 is 0 Å². The smallest absolute Gasteiger partial charge is 0.128 e. The molecule has 0 bridgehead atoms. The van der Waals surface area contributed by atoms with Crippen molar-refractivity contribution in [2.75, 3.05) is 6.54 Å². The van der Waals surface area contributed by atoms with E-state index in [9.17, 15) is 4.39 Å². The predicted octanol–water partition coefficient (Wildman–Crippen LogP) is 4.03. The lowest BCUT2D eigenvalue weighted by molar-refractivity contribution is -0.0823. The third-order valence-corrected chi connectivity index (χ3v) is 4.58. The van der Waals surface area contributed by atoms with Crippen LogP contribution in [0.25, 0.3) is 0 Å². The van der Waals surface area contributed by atoms with Crippen LogP contribution < -0.4 is 5.73 Å². The molecule has 1 aliphatic rings. The van der Waals surface area contributed by atoms with Gasteiger partial charge < -0.3 is 10.5 Å². The van der Waals surface area contributed by atoms with Gasteiger partial charge in [0.15, 0.2) is 0 Å². The van der Waals surface area contributed by atoms with Crippen LogP contribution in [0.3, 0.4) is 0 Å². The summed E-state index contributed by atoms with van der Waals surface area (Å²) in [5, 5.41) is 0. The Balaban J connectivity index is 1.91. The van der Waals surface area contributed by atoms with Crippen molar-refractivity contribution in [1.29, 1.82) is 0 Å². The highest BCUT2D eigenvalue weighted by Gasteiger charge is 2.34. The molecule has 0 spiro atoms. The second kappa shape index (κ2) is 7.19. The summed E-state index contributed by atoms with van der Waals surface area (Å²) < 4.78 is 19.7. The van der Waals surface area contributed by atoms with Gasteiger partial charge in [-0.1, -0.05) is 38.0 Å². The lowest BCUT2D eigenvalue weighted by Crippen LogP contribution is -2.44. The monoisotopic (exact) mass is 279 g/mol. The SMILES string of the molecule is CCCC1CCC(CN)(OCc2ccccc2F)CC1. The quantitative estimate of drug-likeness (QED) is 0.853. The van der Waals surface area contributed by atoms with Crippen molar-refractivity contribution >= 4 is 0 Å². The molecule has 1 fully saturated rings. The molecule has 0 radical (unpaired) electrons. The van der Waals surface area contributed by atoms with Crippen molar-refractivity contribution in [3.05, 3.63) is 35.6 Å². The van der Waals surface area contributed by atoms with E-state index in [1.54, 1.807) is 12.1 Å². The van der Waals surface area contributed by atoms with Crippen molar-refractivity contribution in [3.63, 3.8) is 0 Å². The number of ether oxygens (including phenoxy) is 1. The fourth-order valence-electron chi connectivity index (χ4n) is 3.15. The number of halogens is 1. The van der Waals surface area contributed by atoms with Gasteiger partial charge in [0.2, 0.25) is 0 Å². The van der Waals surface area contributed by atoms with Crippen LogP contribution in [0.1, 0.15) is 51.0 Å². The minimum atomic E-state index is -0.244. The average molecular weight is 279 g/mol. The largest absolute Gasteiger partial charge is 0.369 e. The molecule has 0 atom stereocenters. The first-order valence-corrected chi connectivity index (χ1v) is 7.76. The minimum absolute atomic E-state index is 0.195. The van der Waals surface area contributed by atoms with Gasteiger partial charge in [-0.3, -0.25) is 0 Å². The van der Waals surface area contributed by atoms with E-state index in [-0.39, 0.29) is 11.4 Å². The second-order valence-electron chi connectivity index (χ2n) is 6.00. The molecule has 1 aromatic rings. The molecule has 2 rings (SSSR count). The third kappa shape index (κ3) is 3.80. The van der Waals surface area contributed by atoms with Crippen LogP contribution in [-0.2, 0) is 11.3 Å². The molecule has 0 aliphatic heterocycles. The number of hydrogen-bond donors (Lipinski definition) is 1. The zero-order valence-electron chi connectivity index (χ0n) is 12.4. The van der Waals surface area contributed by atoms with E-state index in [2.05, 4.69) is 6.92 Å². The summed E-state index contributed by atoms with van der Waals surface area (Å²) >= 11 is 0. The highest BCUT2D eigenvalue weighted by atomic mass is 19.1. The highest BCUT2D eigenvalue weighted by molar-refractivity contribution is 5.16. The van der Waals surface area contributed by atoms with E-state index in [0.717, 1.165) is 18.8 Å². The second-order valence-corrected chi connectivity index (χ2v) is 6.00. The molecule has 0 unspecified atom stereocenters. The van der Waals surface area contributed by atoms with E-state index in [0.29, 0.717) is 18.7 Å². The first-order valence-electron chi connectivity index (χ1n) is 7.76. The zero-order valence-corrected chi connectivity index (χ0v) is 12.4. The van der Waals surface area contributed by atoms with Crippen molar-refractivity contribution in [1.82, 2.24) is 0 Å². The molecule has 0 amide bonds. The first kappa shape index (κ1) is 15.5. The Bertz CT molecular complexity index is 413. The van der Waals surface area contributed by atoms with Crippen LogP contribution in [-0.4, -0.2) is 12.1 Å². The lowest BCUT2D eigenvalue weighted by atomic mass is 9.77. The summed E-state index contributed by atoms with van der Waals surface area (Å²) in [5.74, 6) is 0.621. The number of benzene rings is 1. The van der Waals surface area contributed by atoms with Crippen LogP contribution in [0.4, 0.5) is 4.39 Å². The van der Waals surface area contributed by atoms with Crippen molar-refractivity contribution in [2.45, 2.75) is 57.7 Å². The van der Waals surface area contributed by atoms with Crippen LogP contribution in [0.15, 0.2) is 24.3 Å². The standard InChI is InChI=1S/C17H26FNO/c1-2-5-14-8-10-17(13-19,11-9-14)20-12-15-6-3-4-7-16(15)18/h3-4,6-7,14H,2,5,8-13,19H2,1H3.